The third kappa shape index (κ3) is 3.82. The fourth-order valence-corrected chi connectivity index (χ4v) is 0.575. The van der Waals surface area contributed by atoms with E-state index in [-0.39, 0.29) is 0 Å². The van der Waals surface area contributed by atoms with E-state index in [0.29, 0.717) is 12.6 Å². The van der Waals surface area contributed by atoms with Crippen molar-refractivity contribution in [1.82, 2.24) is 10.2 Å². The number of likely N-dealkylation sites (N-methyl/N-ethyl adjacent to an activating group) is 2. The Balaban J connectivity index is 3.46. The molecule has 0 heterocycles. The molecule has 0 rings (SSSR count). The standard InChI is InChI=1S/C7H18N2O/c1-6(2)9(4)5-7(10)8-3/h6-8,10H,5H2,1-4H3. The van der Waals surface area contributed by atoms with Gasteiger partial charge < -0.3 is 10.0 Å². The first-order chi connectivity index (χ1) is 4.57. The Morgan fingerprint density at radius 2 is 2.00 bits per heavy atom. The number of nitrogens with one attached hydrogen (secondary N) is 1. The fraction of sp³-hybridized carbons (Fsp3) is 1.00. The average Bonchev–Trinajstić information content (AvgIpc) is 1.87. The van der Waals surface area contributed by atoms with Crippen LogP contribution in [0.1, 0.15) is 13.8 Å². The van der Waals surface area contributed by atoms with E-state index >= 15 is 0 Å². The summed E-state index contributed by atoms with van der Waals surface area (Å²) < 4.78 is 0. The molecule has 0 amide bonds. The first-order valence-corrected chi connectivity index (χ1v) is 3.63. The Bertz CT molecular complexity index is 85.7. The van der Waals surface area contributed by atoms with Crippen LogP contribution in [-0.2, 0) is 0 Å². The van der Waals surface area contributed by atoms with Crippen molar-refractivity contribution >= 4 is 0 Å². The van der Waals surface area contributed by atoms with Crippen molar-refractivity contribution in [3.8, 4) is 0 Å². The highest BCUT2D eigenvalue weighted by Crippen LogP contribution is 1.93. The van der Waals surface area contributed by atoms with Gasteiger partial charge in [0.25, 0.3) is 0 Å². The molecule has 0 bridgehead atoms. The second kappa shape index (κ2) is 4.66. The zero-order valence-electron chi connectivity index (χ0n) is 7.26. The monoisotopic (exact) mass is 146 g/mol. The molecule has 0 aliphatic heterocycles. The van der Waals surface area contributed by atoms with Gasteiger partial charge in [-0.25, -0.2) is 0 Å². The molecule has 0 fully saturated rings. The van der Waals surface area contributed by atoms with Crippen LogP contribution in [0.15, 0.2) is 0 Å². The SMILES string of the molecule is CNC(O)CN(C)C(C)C. The molecule has 0 spiro atoms. The summed E-state index contributed by atoms with van der Waals surface area (Å²) in [6.07, 6.45) is -0.410. The van der Waals surface area contributed by atoms with Gasteiger partial charge in [-0.2, -0.15) is 0 Å². The molecule has 1 atom stereocenters. The summed E-state index contributed by atoms with van der Waals surface area (Å²) >= 11 is 0. The predicted molar refractivity (Wildman–Crippen MR) is 42.8 cm³/mol. The summed E-state index contributed by atoms with van der Waals surface area (Å²) in [5.74, 6) is 0. The van der Waals surface area contributed by atoms with Crippen LogP contribution in [0.5, 0.6) is 0 Å². The van der Waals surface area contributed by atoms with Gasteiger partial charge in [-0.1, -0.05) is 0 Å². The summed E-state index contributed by atoms with van der Waals surface area (Å²) in [5, 5.41) is 11.9. The molecule has 0 radical (unpaired) electrons. The molecule has 0 saturated carbocycles. The van der Waals surface area contributed by atoms with Crippen molar-refractivity contribution in [2.75, 3.05) is 20.6 Å². The summed E-state index contributed by atoms with van der Waals surface area (Å²) in [6.45, 7) is 4.87. The third-order valence-electron chi connectivity index (χ3n) is 1.68. The second-order valence-electron chi connectivity index (χ2n) is 2.84. The molecular weight excluding hydrogens is 128 g/mol. The largest absolute Gasteiger partial charge is 0.377 e. The van der Waals surface area contributed by atoms with Crippen LogP contribution in [0.25, 0.3) is 0 Å². The zero-order chi connectivity index (χ0) is 8.15. The van der Waals surface area contributed by atoms with Crippen molar-refractivity contribution in [1.29, 1.82) is 0 Å². The van der Waals surface area contributed by atoms with Crippen LogP contribution in [-0.4, -0.2) is 42.9 Å². The number of hydrogen-bond acceptors (Lipinski definition) is 3. The molecule has 3 nitrogen and oxygen atoms in total. The van der Waals surface area contributed by atoms with Gasteiger partial charge in [-0.05, 0) is 27.9 Å². The molecule has 10 heavy (non-hydrogen) atoms. The van der Waals surface area contributed by atoms with E-state index in [1.54, 1.807) is 7.05 Å². The molecule has 0 aromatic heterocycles. The minimum Gasteiger partial charge on any atom is -0.377 e. The Morgan fingerprint density at radius 3 is 2.30 bits per heavy atom. The molecule has 3 heteroatoms. The minimum absolute atomic E-state index is 0.410. The van der Waals surface area contributed by atoms with E-state index in [0.717, 1.165) is 0 Å². The van der Waals surface area contributed by atoms with Crippen molar-refractivity contribution in [2.24, 2.45) is 0 Å². The molecule has 0 aromatic carbocycles. The van der Waals surface area contributed by atoms with Crippen LogP contribution < -0.4 is 5.32 Å². The molecule has 0 aliphatic carbocycles. The molecule has 0 saturated heterocycles. The van der Waals surface area contributed by atoms with Gasteiger partial charge in [-0.3, -0.25) is 5.32 Å². The molecule has 2 N–H and O–H groups in total. The molecule has 0 aromatic rings. The van der Waals surface area contributed by atoms with Gasteiger partial charge in [0.2, 0.25) is 0 Å². The van der Waals surface area contributed by atoms with Crippen molar-refractivity contribution in [3.63, 3.8) is 0 Å². The third-order valence-corrected chi connectivity index (χ3v) is 1.68. The summed E-state index contributed by atoms with van der Waals surface area (Å²) in [5.41, 5.74) is 0. The maximum absolute atomic E-state index is 9.12. The van der Waals surface area contributed by atoms with Crippen molar-refractivity contribution in [2.45, 2.75) is 26.1 Å². The normalized spacial score (nSPS) is 14.7. The van der Waals surface area contributed by atoms with Gasteiger partial charge in [0.05, 0.1) is 0 Å². The van der Waals surface area contributed by atoms with E-state index in [2.05, 4.69) is 24.1 Å². The maximum Gasteiger partial charge on any atom is 0.117 e. The van der Waals surface area contributed by atoms with Crippen molar-refractivity contribution < 1.29 is 5.11 Å². The van der Waals surface area contributed by atoms with Crippen LogP contribution in [0, 0.1) is 0 Å². The van der Waals surface area contributed by atoms with E-state index in [1.165, 1.54) is 0 Å². The van der Waals surface area contributed by atoms with Gasteiger partial charge in [0.15, 0.2) is 0 Å². The van der Waals surface area contributed by atoms with E-state index in [4.69, 9.17) is 5.11 Å². The molecule has 1 unspecified atom stereocenters. The summed E-state index contributed by atoms with van der Waals surface area (Å²) in [4.78, 5) is 2.08. The van der Waals surface area contributed by atoms with Crippen LogP contribution >= 0.6 is 0 Å². The minimum atomic E-state index is -0.410. The highest BCUT2D eigenvalue weighted by atomic mass is 16.3. The van der Waals surface area contributed by atoms with Gasteiger partial charge >= 0.3 is 0 Å². The Labute approximate surface area is 63.0 Å². The molecular formula is C7H18N2O. The number of hydrogen-bond donors (Lipinski definition) is 2. The maximum atomic E-state index is 9.12. The molecule has 0 aliphatic rings. The Morgan fingerprint density at radius 1 is 1.50 bits per heavy atom. The Hall–Kier alpha value is -0.120. The lowest BCUT2D eigenvalue weighted by Crippen LogP contribution is -2.40. The van der Waals surface area contributed by atoms with E-state index in [1.807, 2.05) is 7.05 Å². The Kier molecular flexibility index (Phi) is 4.60. The predicted octanol–water partition coefficient (Wildman–Crippen LogP) is -0.136. The highest BCUT2D eigenvalue weighted by molar-refractivity contribution is 4.60. The zero-order valence-corrected chi connectivity index (χ0v) is 7.26. The van der Waals surface area contributed by atoms with Crippen LogP contribution in [0.2, 0.25) is 0 Å². The first kappa shape index (κ1) is 9.88. The topological polar surface area (TPSA) is 35.5 Å². The van der Waals surface area contributed by atoms with Gasteiger partial charge in [0.1, 0.15) is 6.23 Å². The number of aliphatic hydroxyl groups excluding tert-OH is 1. The lowest BCUT2D eigenvalue weighted by molar-refractivity contribution is 0.0911. The average molecular weight is 146 g/mol. The second-order valence-corrected chi connectivity index (χ2v) is 2.84. The lowest BCUT2D eigenvalue weighted by atomic mass is 10.3. The van der Waals surface area contributed by atoms with Gasteiger partial charge in [-0.15, -0.1) is 0 Å². The summed E-state index contributed by atoms with van der Waals surface area (Å²) in [6, 6.07) is 0.489. The van der Waals surface area contributed by atoms with E-state index in [9.17, 15) is 0 Å². The first-order valence-electron chi connectivity index (χ1n) is 3.63. The summed E-state index contributed by atoms with van der Waals surface area (Å²) in [7, 11) is 3.74. The van der Waals surface area contributed by atoms with Crippen molar-refractivity contribution in [3.05, 3.63) is 0 Å². The smallest absolute Gasteiger partial charge is 0.117 e. The number of aliphatic hydroxyl groups is 1. The van der Waals surface area contributed by atoms with E-state index < -0.39 is 6.23 Å². The number of nitrogens with zero attached hydrogens (tertiary/aromatic N) is 1. The fourth-order valence-electron chi connectivity index (χ4n) is 0.575. The van der Waals surface area contributed by atoms with Crippen LogP contribution in [0.3, 0.4) is 0 Å². The van der Waals surface area contributed by atoms with Crippen LogP contribution in [0.4, 0.5) is 0 Å². The highest BCUT2D eigenvalue weighted by Gasteiger charge is 2.07. The van der Waals surface area contributed by atoms with Gasteiger partial charge in [0, 0.05) is 12.6 Å². The number of rotatable bonds is 4. The quantitative estimate of drug-likeness (QED) is 0.542. The molecule has 62 valence electrons. The lowest BCUT2D eigenvalue weighted by Gasteiger charge is -2.23.